The molecule has 0 aliphatic heterocycles. The van der Waals surface area contributed by atoms with Crippen molar-refractivity contribution >= 4 is 34.7 Å². The lowest BCUT2D eigenvalue weighted by molar-refractivity contribution is 0.102. The number of nitrogens with zero attached hydrogens (tertiary/aromatic N) is 2. The molecule has 112 valence electrons. The van der Waals surface area contributed by atoms with E-state index in [1.807, 2.05) is 12.1 Å². The molecule has 0 radical (unpaired) electrons. The Hall–Kier alpha value is -2.11. The van der Waals surface area contributed by atoms with E-state index in [1.165, 1.54) is 16.9 Å². The second-order valence-electron chi connectivity index (χ2n) is 4.92. The number of hydrogen-bond acceptors (Lipinski definition) is 3. The van der Waals surface area contributed by atoms with Crippen LogP contribution in [0.4, 0.5) is 5.82 Å². The quantitative estimate of drug-likeness (QED) is 0.778. The molecule has 1 amide bonds. The average molecular weight is 332 g/mol. The van der Waals surface area contributed by atoms with Crippen LogP contribution >= 0.6 is 22.9 Å². The van der Waals surface area contributed by atoms with Crippen molar-refractivity contribution in [2.24, 2.45) is 0 Å². The standard InChI is InChI=1S/C16H14ClN3OS/c1-11-3-2-4-12(9-11)10-20-15(7-8-18-20)19-16(21)13-5-6-14(17)22-13/h2-9H,10H2,1H3,(H,19,21). The number of rotatable bonds is 4. The minimum atomic E-state index is -0.178. The molecule has 0 atom stereocenters. The Morgan fingerprint density at radius 2 is 2.18 bits per heavy atom. The van der Waals surface area contributed by atoms with Gasteiger partial charge in [-0.3, -0.25) is 4.79 Å². The summed E-state index contributed by atoms with van der Waals surface area (Å²) in [6.45, 7) is 2.66. The zero-order valence-electron chi connectivity index (χ0n) is 11.9. The van der Waals surface area contributed by atoms with E-state index in [9.17, 15) is 4.79 Å². The number of aryl methyl sites for hydroxylation is 1. The maximum absolute atomic E-state index is 12.2. The molecular formula is C16H14ClN3OS. The van der Waals surface area contributed by atoms with Crippen molar-refractivity contribution in [3.63, 3.8) is 0 Å². The number of halogens is 1. The number of amides is 1. The van der Waals surface area contributed by atoms with Gasteiger partial charge in [0.1, 0.15) is 5.82 Å². The highest BCUT2D eigenvalue weighted by atomic mass is 35.5. The molecule has 0 saturated heterocycles. The normalized spacial score (nSPS) is 10.6. The van der Waals surface area contributed by atoms with Gasteiger partial charge in [0.15, 0.2) is 0 Å². The van der Waals surface area contributed by atoms with Gasteiger partial charge < -0.3 is 5.32 Å². The van der Waals surface area contributed by atoms with Gasteiger partial charge >= 0.3 is 0 Å². The second-order valence-corrected chi connectivity index (χ2v) is 6.64. The predicted molar refractivity (Wildman–Crippen MR) is 89.8 cm³/mol. The van der Waals surface area contributed by atoms with Crippen LogP contribution in [-0.4, -0.2) is 15.7 Å². The van der Waals surface area contributed by atoms with Crippen molar-refractivity contribution in [3.8, 4) is 0 Å². The minimum absolute atomic E-state index is 0.178. The number of anilines is 1. The van der Waals surface area contributed by atoms with E-state index in [0.717, 1.165) is 5.56 Å². The van der Waals surface area contributed by atoms with Gasteiger partial charge in [-0.15, -0.1) is 11.3 Å². The van der Waals surface area contributed by atoms with E-state index in [0.29, 0.717) is 21.6 Å². The third kappa shape index (κ3) is 3.37. The maximum Gasteiger partial charge on any atom is 0.266 e. The summed E-state index contributed by atoms with van der Waals surface area (Å²) < 4.78 is 2.36. The molecular weight excluding hydrogens is 318 g/mol. The fraction of sp³-hybridized carbons (Fsp3) is 0.125. The number of carbonyl (C=O) groups is 1. The summed E-state index contributed by atoms with van der Waals surface area (Å²) >= 11 is 7.11. The summed E-state index contributed by atoms with van der Waals surface area (Å²) in [4.78, 5) is 12.8. The van der Waals surface area contributed by atoms with Crippen LogP contribution in [0.3, 0.4) is 0 Å². The van der Waals surface area contributed by atoms with Crippen LogP contribution in [-0.2, 0) is 6.54 Å². The number of aromatic nitrogens is 2. The molecule has 0 saturated carbocycles. The Balaban J connectivity index is 1.76. The van der Waals surface area contributed by atoms with E-state index < -0.39 is 0 Å². The first-order valence-electron chi connectivity index (χ1n) is 6.76. The zero-order chi connectivity index (χ0) is 15.5. The summed E-state index contributed by atoms with van der Waals surface area (Å²) in [6, 6.07) is 13.4. The van der Waals surface area contributed by atoms with Crippen molar-refractivity contribution in [3.05, 3.63) is 69.0 Å². The van der Waals surface area contributed by atoms with Crippen LogP contribution in [0.2, 0.25) is 4.34 Å². The highest BCUT2D eigenvalue weighted by molar-refractivity contribution is 7.18. The minimum Gasteiger partial charge on any atom is -0.306 e. The fourth-order valence-corrected chi connectivity index (χ4v) is 3.10. The monoisotopic (exact) mass is 331 g/mol. The molecule has 0 aliphatic carbocycles. The van der Waals surface area contributed by atoms with Crippen molar-refractivity contribution < 1.29 is 4.79 Å². The maximum atomic E-state index is 12.2. The lowest BCUT2D eigenvalue weighted by Gasteiger charge is -2.09. The van der Waals surface area contributed by atoms with Gasteiger partial charge in [-0.2, -0.15) is 5.10 Å². The molecule has 1 N–H and O–H groups in total. The van der Waals surface area contributed by atoms with E-state index >= 15 is 0 Å². The molecule has 2 heterocycles. The third-order valence-corrected chi connectivity index (χ3v) is 4.40. The van der Waals surface area contributed by atoms with E-state index in [2.05, 4.69) is 29.5 Å². The largest absolute Gasteiger partial charge is 0.306 e. The van der Waals surface area contributed by atoms with Gasteiger partial charge in [-0.25, -0.2) is 4.68 Å². The summed E-state index contributed by atoms with van der Waals surface area (Å²) in [6.07, 6.45) is 1.67. The third-order valence-electron chi connectivity index (χ3n) is 3.17. The van der Waals surface area contributed by atoms with Crippen molar-refractivity contribution in [2.75, 3.05) is 5.32 Å². The SMILES string of the molecule is Cc1cccc(Cn2nccc2NC(=O)c2ccc(Cl)s2)c1. The first kappa shape index (κ1) is 14.8. The topological polar surface area (TPSA) is 46.9 Å². The number of carbonyl (C=O) groups excluding carboxylic acids is 1. The van der Waals surface area contributed by atoms with Gasteiger partial charge in [0.05, 0.1) is 22.0 Å². The molecule has 0 fully saturated rings. The molecule has 0 bridgehead atoms. The van der Waals surface area contributed by atoms with Gasteiger partial charge in [-0.1, -0.05) is 41.4 Å². The number of nitrogens with one attached hydrogen (secondary N) is 1. The first-order valence-corrected chi connectivity index (χ1v) is 7.95. The van der Waals surface area contributed by atoms with Gasteiger partial charge in [0.25, 0.3) is 5.91 Å². The molecule has 0 aliphatic rings. The molecule has 0 spiro atoms. The Labute approximate surface area is 137 Å². The summed E-state index contributed by atoms with van der Waals surface area (Å²) in [5, 5.41) is 7.14. The van der Waals surface area contributed by atoms with Gasteiger partial charge in [-0.05, 0) is 24.6 Å². The fourth-order valence-electron chi connectivity index (χ4n) is 2.16. The molecule has 22 heavy (non-hydrogen) atoms. The van der Waals surface area contributed by atoms with Crippen LogP contribution in [0, 0.1) is 6.92 Å². The van der Waals surface area contributed by atoms with Gasteiger partial charge in [0, 0.05) is 6.07 Å². The summed E-state index contributed by atoms with van der Waals surface area (Å²) in [5.41, 5.74) is 2.34. The second kappa shape index (κ2) is 6.34. The van der Waals surface area contributed by atoms with E-state index in [4.69, 9.17) is 11.6 Å². The first-order chi connectivity index (χ1) is 10.6. The van der Waals surface area contributed by atoms with Crippen molar-refractivity contribution in [1.29, 1.82) is 0 Å². The molecule has 3 aromatic rings. The van der Waals surface area contributed by atoms with Crippen LogP contribution < -0.4 is 5.32 Å². The molecule has 2 aromatic heterocycles. The highest BCUT2D eigenvalue weighted by Gasteiger charge is 2.12. The number of benzene rings is 1. The number of hydrogen-bond donors (Lipinski definition) is 1. The average Bonchev–Trinajstić information content (AvgIpc) is 3.09. The Kier molecular flexibility index (Phi) is 4.27. The van der Waals surface area contributed by atoms with E-state index in [-0.39, 0.29) is 5.91 Å². The van der Waals surface area contributed by atoms with Crippen molar-refractivity contribution in [1.82, 2.24) is 9.78 Å². The van der Waals surface area contributed by atoms with Crippen LogP contribution in [0.5, 0.6) is 0 Å². The predicted octanol–water partition coefficient (Wildman–Crippen LogP) is 4.21. The molecule has 3 rings (SSSR count). The van der Waals surface area contributed by atoms with E-state index in [1.54, 1.807) is 29.1 Å². The number of thiophene rings is 1. The van der Waals surface area contributed by atoms with Crippen molar-refractivity contribution in [2.45, 2.75) is 13.5 Å². The molecule has 6 heteroatoms. The zero-order valence-corrected chi connectivity index (χ0v) is 13.5. The lowest BCUT2D eigenvalue weighted by Crippen LogP contribution is -2.15. The van der Waals surface area contributed by atoms with Gasteiger partial charge in [0.2, 0.25) is 0 Å². The smallest absolute Gasteiger partial charge is 0.266 e. The Morgan fingerprint density at radius 3 is 2.91 bits per heavy atom. The summed E-state index contributed by atoms with van der Waals surface area (Å²) in [5.74, 6) is 0.485. The van der Waals surface area contributed by atoms with Crippen LogP contribution in [0.15, 0.2) is 48.7 Å². The van der Waals surface area contributed by atoms with Crippen LogP contribution in [0.1, 0.15) is 20.8 Å². The lowest BCUT2D eigenvalue weighted by atomic mass is 10.1. The molecule has 4 nitrogen and oxygen atoms in total. The molecule has 1 aromatic carbocycles. The Morgan fingerprint density at radius 1 is 1.32 bits per heavy atom. The summed E-state index contributed by atoms with van der Waals surface area (Å²) in [7, 11) is 0. The van der Waals surface area contributed by atoms with Crippen LogP contribution in [0.25, 0.3) is 0 Å². The highest BCUT2D eigenvalue weighted by Crippen LogP contribution is 2.22. The molecule has 0 unspecified atom stereocenters. The Bertz CT molecular complexity index is 809.